The van der Waals surface area contributed by atoms with Crippen LogP contribution in [0.4, 0.5) is 9.93 Å². The lowest BCUT2D eigenvalue weighted by Crippen LogP contribution is -2.10. The quantitative estimate of drug-likeness (QED) is 0.368. The molecule has 0 unspecified atom stereocenters. The molecule has 0 spiro atoms. The van der Waals surface area contributed by atoms with Crippen LogP contribution < -0.4 is 5.32 Å². The first-order valence-corrected chi connectivity index (χ1v) is 11.9. The third kappa shape index (κ3) is 3.86. The molecule has 172 valence electrons. The maximum atomic E-state index is 12.0. The molecule has 0 saturated carbocycles. The zero-order valence-corrected chi connectivity index (χ0v) is 20.6. The minimum atomic E-state index is -0.572. The third-order valence-corrected chi connectivity index (χ3v) is 7.09. The van der Waals surface area contributed by atoms with Gasteiger partial charge in [-0.1, -0.05) is 11.3 Å². The summed E-state index contributed by atoms with van der Waals surface area (Å²) < 4.78 is 12.1. The highest BCUT2D eigenvalue weighted by Gasteiger charge is 2.30. The average Bonchev–Trinajstić information content (AvgIpc) is 3.44. The van der Waals surface area contributed by atoms with Gasteiger partial charge in [0.25, 0.3) is 0 Å². The van der Waals surface area contributed by atoms with Crippen LogP contribution in [0.5, 0.6) is 0 Å². The van der Waals surface area contributed by atoms with Crippen molar-refractivity contribution in [1.82, 2.24) is 19.7 Å². The molecule has 0 bridgehead atoms. The second kappa shape index (κ2) is 8.99. The number of benzene rings is 1. The molecular weight excluding hydrogens is 522 g/mol. The van der Waals surface area contributed by atoms with E-state index in [0.717, 1.165) is 45.2 Å². The maximum absolute atomic E-state index is 12.0. The lowest BCUT2D eigenvalue weighted by atomic mass is 9.95. The molecule has 0 fully saturated rings. The minimum Gasteiger partial charge on any atom is -0.465 e. The summed E-state index contributed by atoms with van der Waals surface area (Å²) in [5.74, 6) is -0.422. The predicted molar refractivity (Wildman–Crippen MR) is 130 cm³/mol. The summed E-state index contributed by atoms with van der Waals surface area (Å²) in [5.41, 5.74) is 5.75. The van der Waals surface area contributed by atoms with Gasteiger partial charge >= 0.3 is 12.1 Å². The monoisotopic (exact) mass is 539 g/mol. The van der Waals surface area contributed by atoms with Crippen molar-refractivity contribution in [3.05, 3.63) is 64.0 Å². The Morgan fingerprint density at radius 3 is 2.74 bits per heavy atom. The number of thiazole rings is 1. The van der Waals surface area contributed by atoms with Crippen molar-refractivity contribution in [2.45, 2.75) is 12.8 Å². The number of carbonyl (C=O) groups excluding carboxylic acids is 2. The van der Waals surface area contributed by atoms with Crippen molar-refractivity contribution in [2.24, 2.45) is 0 Å². The molecule has 0 radical (unpaired) electrons. The van der Waals surface area contributed by atoms with Gasteiger partial charge in [0.1, 0.15) is 0 Å². The molecule has 4 aromatic rings. The summed E-state index contributed by atoms with van der Waals surface area (Å²) in [6.07, 6.45) is 4.38. The Bertz CT molecular complexity index is 1420. The summed E-state index contributed by atoms with van der Waals surface area (Å²) >= 11 is 4.96. The van der Waals surface area contributed by atoms with Gasteiger partial charge in [-0.15, -0.1) is 0 Å². The number of methoxy groups -OCH3 is 2. The Hall–Kier alpha value is -3.57. The van der Waals surface area contributed by atoms with E-state index in [-0.39, 0.29) is 0 Å². The van der Waals surface area contributed by atoms with E-state index in [1.54, 1.807) is 24.5 Å². The summed E-state index contributed by atoms with van der Waals surface area (Å²) in [4.78, 5) is 33.5. The van der Waals surface area contributed by atoms with Crippen molar-refractivity contribution in [3.8, 4) is 27.5 Å². The summed E-state index contributed by atoms with van der Waals surface area (Å²) in [6, 6.07) is 9.08. The molecular formula is C23H18BrN5O4S. The average molecular weight is 540 g/mol. The molecule has 0 aliphatic heterocycles. The fraction of sp³-hybridized carbons (Fsp3) is 0.174. The molecule has 1 amide bonds. The van der Waals surface area contributed by atoms with E-state index < -0.39 is 12.1 Å². The van der Waals surface area contributed by atoms with E-state index in [1.807, 2.05) is 22.9 Å². The molecule has 5 rings (SSSR count). The van der Waals surface area contributed by atoms with E-state index >= 15 is 0 Å². The highest BCUT2D eigenvalue weighted by atomic mass is 79.9. The first-order valence-electron chi connectivity index (χ1n) is 10.3. The van der Waals surface area contributed by atoms with Crippen molar-refractivity contribution >= 4 is 44.5 Å². The predicted octanol–water partition coefficient (Wildman–Crippen LogP) is 4.88. The lowest BCUT2D eigenvalue weighted by Gasteiger charge is -2.15. The number of aromatic nitrogens is 4. The van der Waals surface area contributed by atoms with Gasteiger partial charge in [0.2, 0.25) is 0 Å². The number of hydrogen-bond acceptors (Lipinski definition) is 8. The van der Waals surface area contributed by atoms with Gasteiger partial charge in [0.15, 0.2) is 5.13 Å². The third-order valence-electron chi connectivity index (χ3n) is 5.43. The minimum absolute atomic E-state index is 0.422. The number of nitrogens with one attached hydrogen (secondary N) is 1. The largest absolute Gasteiger partial charge is 0.465 e. The molecule has 3 heterocycles. The van der Waals surface area contributed by atoms with E-state index in [9.17, 15) is 9.59 Å². The van der Waals surface area contributed by atoms with Crippen molar-refractivity contribution in [3.63, 3.8) is 0 Å². The number of ether oxygens (including phenoxy) is 2. The van der Waals surface area contributed by atoms with Gasteiger partial charge < -0.3 is 9.47 Å². The molecule has 0 atom stereocenters. The molecule has 1 aromatic carbocycles. The highest BCUT2D eigenvalue weighted by molar-refractivity contribution is 9.10. The summed E-state index contributed by atoms with van der Waals surface area (Å²) in [5, 5.41) is 8.09. The van der Waals surface area contributed by atoms with E-state index in [4.69, 9.17) is 14.6 Å². The van der Waals surface area contributed by atoms with Crippen LogP contribution >= 0.6 is 27.3 Å². The van der Waals surface area contributed by atoms with Gasteiger partial charge in [-0.05, 0) is 59.1 Å². The first kappa shape index (κ1) is 22.2. The lowest BCUT2D eigenvalue weighted by molar-refractivity contribution is 0.0600. The van der Waals surface area contributed by atoms with Crippen LogP contribution in [0.15, 0.2) is 47.2 Å². The highest BCUT2D eigenvalue weighted by Crippen LogP contribution is 2.44. The molecule has 11 heteroatoms. The number of hydrogen-bond donors (Lipinski definition) is 1. The van der Waals surface area contributed by atoms with Crippen LogP contribution in [0.3, 0.4) is 0 Å². The standard InChI is InChI=1S/C23H18BrN5O4S/c1-32-21(30)12-5-8-17(15(24)10-12)29-19-14(18(28-29)13-4-3-9-25-11-13)6-7-16-20(19)34-22(26-16)27-23(31)33-2/h3-5,8-11H,6-7H2,1-2H3,(H,26,27,31). The maximum Gasteiger partial charge on any atom is 0.413 e. The number of halogens is 1. The second-order valence-corrected chi connectivity index (χ2v) is 9.25. The van der Waals surface area contributed by atoms with Gasteiger partial charge in [0.05, 0.1) is 47.4 Å². The number of esters is 1. The van der Waals surface area contributed by atoms with Crippen molar-refractivity contribution in [1.29, 1.82) is 0 Å². The number of fused-ring (bicyclic) bond motifs is 3. The fourth-order valence-corrected chi connectivity index (χ4v) is 5.50. The Kier molecular flexibility index (Phi) is 5.88. The Morgan fingerprint density at radius 1 is 1.18 bits per heavy atom. The number of anilines is 1. The zero-order valence-electron chi connectivity index (χ0n) is 18.2. The summed E-state index contributed by atoms with van der Waals surface area (Å²) in [7, 11) is 2.66. The molecule has 3 aromatic heterocycles. The van der Waals surface area contributed by atoms with Crippen molar-refractivity contribution in [2.75, 3.05) is 19.5 Å². The van der Waals surface area contributed by atoms with Crippen LogP contribution in [-0.2, 0) is 22.3 Å². The zero-order chi connectivity index (χ0) is 23.8. The Balaban J connectivity index is 1.70. The molecule has 9 nitrogen and oxygen atoms in total. The van der Waals surface area contributed by atoms with E-state index in [0.29, 0.717) is 21.6 Å². The van der Waals surface area contributed by atoms with Crippen LogP contribution in [0, 0.1) is 0 Å². The number of amides is 1. The van der Waals surface area contributed by atoms with Crippen LogP contribution in [-0.4, -0.2) is 46.0 Å². The second-order valence-electron chi connectivity index (χ2n) is 7.40. The topological polar surface area (TPSA) is 108 Å². The number of carbonyl (C=O) groups is 2. The van der Waals surface area contributed by atoms with Gasteiger partial charge in [0, 0.05) is 28.0 Å². The number of pyridine rings is 1. The van der Waals surface area contributed by atoms with E-state index in [1.165, 1.54) is 25.6 Å². The Morgan fingerprint density at radius 2 is 2.03 bits per heavy atom. The molecule has 1 N–H and O–H groups in total. The smallest absolute Gasteiger partial charge is 0.413 e. The Labute approximate surface area is 206 Å². The number of aryl methyl sites for hydroxylation is 1. The molecule has 1 aliphatic carbocycles. The number of nitrogens with zero attached hydrogens (tertiary/aromatic N) is 4. The van der Waals surface area contributed by atoms with Crippen LogP contribution in [0.25, 0.3) is 27.5 Å². The first-order chi connectivity index (χ1) is 16.5. The fourth-order valence-electron chi connectivity index (χ4n) is 3.89. The normalized spacial score (nSPS) is 12.0. The van der Waals surface area contributed by atoms with Crippen molar-refractivity contribution < 1.29 is 19.1 Å². The molecule has 1 aliphatic rings. The van der Waals surface area contributed by atoms with E-state index in [2.05, 4.69) is 31.2 Å². The van der Waals surface area contributed by atoms with Gasteiger partial charge in [-0.2, -0.15) is 5.10 Å². The van der Waals surface area contributed by atoms with Gasteiger partial charge in [-0.25, -0.2) is 19.3 Å². The van der Waals surface area contributed by atoms with Gasteiger partial charge in [-0.3, -0.25) is 10.3 Å². The van der Waals surface area contributed by atoms with Crippen LogP contribution in [0.1, 0.15) is 21.6 Å². The van der Waals surface area contributed by atoms with Crippen LogP contribution in [0.2, 0.25) is 0 Å². The number of rotatable bonds is 4. The SMILES string of the molecule is COC(=O)Nc1nc2c(s1)-c1c(c(-c3cccnc3)nn1-c1ccc(C(=O)OC)cc1Br)CC2. The summed E-state index contributed by atoms with van der Waals surface area (Å²) in [6.45, 7) is 0. The molecule has 0 saturated heterocycles. The molecule has 34 heavy (non-hydrogen) atoms.